The zero-order valence-corrected chi connectivity index (χ0v) is 9.43. The van der Waals surface area contributed by atoms with Crippen LogP contribution in [0.1, 0.15) is 18.1 Å². The van der Waals surface area contributed by atoms with Crippen molar-refractivity contribution in [2.45, 2.75) is 19.9 Å². The number of ether oxygens (including phenoxy) is 1. The van der Waals surface area contributed by atoms with E-state index in [9.17, 15) is 4.39 Å². The van der Waals surface area contributed by atoms with Crippen molar-refractivity contribution in [1.82, 2.24) is 0 Å². The van der Waals surface area contributed by atoms with Gasteiger partial charge in [-0.05, 0) is 31.5 Å². The molecule has 1 fully saturated rings. The first kappa shape index (κ1) is 11.1. The van der Waals surface area contributed by atoms with Crippen LogP contribution in [0.5, 0.6) is 0 Å². The van der Waals surface area contributed by atoms with E-state index < -0.39 is 0 Å². The molecule has 0 saturated carbocycles. The zero-order valence-electron chi connectivity index (χ0n) is 9.43. The van der Waals surface area contributed by atoms with E-state index in [-0.39, 0.29) is 17.6 Å². The van der Waals surface area contributed by atoms with Crippen LogP contribution in [0.4, 0.5) is 10.1 Å². The number of halogens is 1. The number of aryl methyl sites for hydroxylation is 1. The summed E-state index contributed by atoms with van der Waals surface area (Å²) in [5.74, 6) is -0.338. The second kappa shape index (κ2) is 4.22. The molecule has 1 heterocycles. The smallest absolute Gasteiger partial charge is 0.134 e. The fraction of sp³-hybridized carbons (Fsp3) is 0.417. The van der Waals surface area contributed by atoms with Crippen LogP contribution in [-0.2, 0) is 4.74 Å². The molecule has 1 saturated heterocycles. The number of hydrogen-bond acceptors (Lipinski definition) is 3. The fourth-order valence-electron chi connectivity index (χ4n) is 1.78. The van der Waals surface area contributed by atoms with Crippen LogP contribution in [0.3, 0.4) is 0 Å². The van der Waals surface area contributed by atoms with E-state index in [0.717, 1.165) is 5.56 Å². The summed E-state index contributed by atoms with van der Waals surface area (Å²) in [6, 6.07) is 3.56. The molecule has 1 aliphatic rings. The normalized spacial score (nSPS) is 15.7. The molecule has 0 spiro atoms. The highest BCUT2D eigenvalue weighted by Gasteiger charge is 2.20. The fourth-order valence-corrected chi connectivity index (χ4v) is 1.78. The average molecular weight is 222 g/mol. The number of anilines is 1. The summed E-state index contributed by atoms with van der Waals surface area (Å²) in [5.41, 5.74) is 2.14. The maximum absolute atomic E-state index is 13.7. The van der Waals surface area contributed by atoms with Gasteiger partial charge in [0.25, 0.3) is 0 Å². The molecule has 16 heavy (non-hydrogen) atoms. The van der Waals surface area contributed by atoms with Crippen LogP contribution in [-0.4, -0.2) is 25.0 Å². The van der Waals surface area contributed by atoms with E-state index in [4.69, 9.17) is 10.1 Å². The summed E-state index contributed by atoms with van der Waals surface area (Å²) in [7, 11) is 0. The topological polar surface area (TPSA) is 45.1 Å². The van der Waals surface area contributed by atoms with Crippen LogP contribution in [0, 0.1) is 18.2 Å². The third-order valence-corrected chi connectivity index (χ3v) is 2.61. The summed E-state index contributed by atoms with van der Waals surface area (Å²) in [4.78, 5) is 0. The lowest BCUT2D eigenvalue weighted by molar-refractivity contribution is 0.0211. The maximum Gasteiger partial charge on any atom is 0.134 e. The lowest BCUT2D eigenvalue weighted by atomic mass is 10.0. The summed E-state index contributed by atoms with van der Waals surface area (Å²) in [6.07, 6.45) is 0. The maximum atomic E-state index is 13.7. The molecule has 2 N–H and O–H groups in total. The summed E-state index contributed by atoms with van der Waals surface area (Å²) < 4.78 is 18.8. The average Bonchev–Trinajstić information content (AvgIpc) is 2.09. The van der Waals surface area contributed by atoms with Crippen molar-refractivity contribution >= 4 is 11.4 Å². The first-order chi connectivity index (χ1) is 7.58. The third kappa shape index (κ3) is 2.07. The Labute approximate surface area is 94.1 Å². The molecule has 0 bridgehead atoms. The van der Waals surface area contributed by atoms with Gasteiger partial charge in [-0.1, -0.05) is 0 Å². The Kier molecular flexibility index (Phi) is 2.92. The molecule has 1 aromatic rings. The Balaban J connectivity index is 2.35. The van der Waals surface area contributed by atoms with E-state index in [1.165, 1.54) is 6.07 Å². The number of nitrogens with one attached hydrogen (secondary N) is 2. The second-order valence-electron chi connectivity index (χ2n) is 4.17. The predicted molar refractivity (Wildman–Crippen MR) is 61.9 cm³/mol. The van der Waals surface area contributed by atoms with E-state index in [0.29, 0.717) is 24.5 Å². The molecule has 0 aromatic heterocycles. The monoisotopic (exact) mass is 222 g/mol. The Morgan fingerprint density at radius 2 is 2.19 bits per heavy atom. The van der Waals surface area contributed by atoms with Gasteiger partial charge in [-0.3, -0.25) is 0 Å². The van der Waals surface area contributed by atoms with E-state index in [2.05, 4.69) is 5.32 Å². The molecule has 2 rings (SSSR count). The Hall–Kier alpha value is -1.42. The molecule has 0 unspecified atom stereocenters. The largest absolute Gasteiger partial charge is 0.377 e. The predicted octanol–water partition coefficient (Wildman–Crippen LogP) is 2.33. The van der Waals surface area contributed by atoms with Crippen molar-refractivity contribution in [3.63, 3.8) is 0 Å². The van der Waals surface area contributed by atoms with Gasteiger partial charge in [0.2, 0.25) is 0 Å². The third-order valence-electron chi connectivity index (χ3n) is 2.61. The van der Waals surface area contributed by atoms with Crippen LogP contribution >= 0.6 is 0 Å². The van der Waals surface area contributed by atoms with Gasteiger partial charge in [0.15, 0.2) is 0 Å². The number of hydrogen-bond donors (Lipinski definition) is 2. The van der Waals surface area contributed by atoms with Crippen molar-refractivity contribution in [2.24, 2.45) is 0 Å². The highest BCUT2D eigenvalue weighted by Crippen LogP contribution is 2.23. The van der Waals surface area contributed by atoms with Crippen LogP contribution in [0.15, 0.2) is 12.1 Å². The van der Waals surface area contributed by atoms with Gasteiger partial charge in [-0.2, -0.15) is 0 Å². The zero-order chi connectivity index (χ0) is 11.7. The van der Waals surface area contributed by atoms with Gasteiger partial charge < -0.3 is 15.5 Å². The number of rotatable bonds is 3. The molecule has 0 radical (unpaired) electrons. The standard InChI is InChI=1S/C12H15FN2O/c1-7-3-10(13)12(8(2)14)11(4-7)15-9-5-16-6-9/h3-4,9,14-15H,5-6H2,1-2H3. The minimum Gasteiger partial charge on any atom is -0.377 e. The second-order valence-corrected chi connectivity index (χ2v) is 4.17. The molecule has 1 aromatic carbocycles. The summed E-state index contributed by atoms with van der Waals surface area (Å²) >= 11 is 0. The molecule has 3 nitrogen and oxygen atoms in total. The van der Waals surface area contributed by atoms with Gasteiger partial charge in [-0.15, -0.1) is 0 Å². The van der Waals surface area contributed by atoms with E-state index >= 15 is 0 Å². The Morgan fingerprint density at radius 1 is 1.50 bits per heavy atom. The summed E-state index contributed by atoms with van der Waals surface area (Å²) in [6.45, 7) is 4.73. The minimum absolute atomic E-state index is 0.235. The van der Waals surface area contributed by atoms with Gasteiger partial charge in [-0.25, -0.2) is 4.39 Å². The quantitative estimate of drug-likeness (QED) is 0.771. The van der Waals surface area contributed by atoms with Crippen molar-refractivity contribution in [1.29, 1.82) is 5.41 Å². The van der Waals surface area contributed by atoms with Gasteiger partial charge in [0, 0.05) is 11.4 Å². The minimum atomic E-state index is -0.338. The molecule has 4 heteroatoms. The Bertz CT molecular complexity index is 427. The van der Waals surface area contributed by atoms with Crippen molar-refractivity contribution < 1.29 is 9.13 Å². The molecular weight excluding hydrogens is 207 g/mol. The molecule has 1 aliphatic heterocycles. The van der Waals surface area contributed by atoms with Crippen molar-refractivity contribution in [3.05, 3.63) is 29.1 Å². The number of benzene rings is 1. The lowest BCUT2D eigenvalue weighted by Crippen LogP contribution is -2.40. The first-order valence-corrected chi connectivity index (χ1v) is 5.28. The first-order valence-electron chi connectivity index (χ1n) is 5.28. The lowest BCUT2D eigenvalue weighted by Gasteiger charge is -2.29. The molecule has 0 atom stereocenters. The van der Waals surface area contributed by atoms with Crippen LogP contribution in [0.2, 0.25) is 0 Å². The molecular formula is C12H15FN2O. The van der Waals surface area contributed by atoms with Crippen molar-refractivity contribution in [2.75, 3.05) is 18.5 Å². The van der Waals surface area contributed by atoms with Gasteiger partial charge in [0.05, 0.1) is 24.8 Å². The molecule has 86 valence electrons. The van der Waals surface area contributed by atoms with E-state index in [1.54, 1.807) is 6.92 Å². The van der Waals surface area contributed by atoms with Gasteiger partial charge >= 0.3 is 0 Å². The molecule has 0 amide bonds. The highest BCUT2D eigenvalue weighted by molar-refractivity contribution is 6.01. The summed E-state index contributed by atoms with van der Waals surface area (Å²) in [5, 5.41) is 10.8. The highest BCUT2D eigenvalue weighted by atomic mass is 19.1. The van der Waals surface area contributed by atoms with Crippen molar-refractivity contribution in [3.8, 4) is 0 Å². The van der Waals surface area contributed by atoms with Gasteiger partial charge in [0.1, 0.15) is 5.82 Å². The van der Waals surface area contributed by atoms with Crippen LogP contribution in [0.25, 0.3) is 0 Å². The van der Waals surface area contributed by atoms with Crippen LogP contribution < -0.4 is 5.32 Å². The van der Waals surface area contributed by atoms with E-state index in [1.807, 2.05) is 13.0 Å². The Morgan fingerprint density at radius 3 is 2.69 bits per heavy atom. The molecule has 0 aliphatic carbocycles. The SMILES string of the molecule is CC(=N)c1c(F)cc(C)cc1NC1COC1.